The van der Waals surface area contributed by atoms with Gasteiger partial charge in [0.15, 0.2) is 0 Å². The monoisotopic (exact) mass is 334 g/mol. The summed E-state index contributed by atoms with van der Waals surface area (Å²) in [5, 5.41) is -0.0467. The molecule has 1 saturated heterocycles. The van der Waals surface area contributed by atoms with Gasteiger partial charge in [0.05, 0.1) is 10.9 Å². The number of aliphatic imine (C=N–C) groups is 1. The number of benzene rings is 1. The molecule has 1 aromatic rings. The molecule has 0 saturated carbocycles. The second-order valence-corrected chi connectivity index (χ2v) is 8.35. The first-order valence-corrected chi connectivity index (χ1v) is 9.85. The zero-order valence-electron chi connectivity index (χ0n) is 13.0. The van der Waals surface area contributed by atoms with Crippen molar-refractivity contribution in [2.24, 2.45) is 4.99 Å². The first-order chi connectivity index (χ1) is 10.7. The van der Waals surface area contributed by atoms with Crippen LogP contribution in [-0.4, -0.2) is 33.5 Å². The summed E-state index contributed by atoms with van der Waals surface area (Å²) in [6.45, 7) is 3.86. The summed E-state index contributed by atoms with van der Waals surface area (Å²) in [5.74, 6) is 1.22. The van der Waals surface area contributed by atoms with Gasteiger partial charge in [0.1, 0.15) is 4.38 Å². The zero-order valence-corrected chi connectivity index (χ0v) is 14.6. The van der Waals surface area contributed by atoms with Crippen LogP contribution in [0.4, 0.5) is 5.69 Å². The lowest BCUT2D eigenvalue weighted by molar-refractivity contribution is -0.130. The van der Waals surface area contributed by atoms with Crippen LogP contribution in [0.5, 0.6) is 0 Å². The smallest absolute Gasteiger partial charge is 0.235 e. The molecule has 1 fully saturated rings. The molecule has 2 heterocycles. The van der Waals surface area contributed by atoms with Crippen LogP contribution in [0.3, 0.4) is 0 Å². The van der Waals surface area contributed by atoms with Gasteiger partial charge in [-0.1, -0.05) is 54.6 Å². The van der Waals surface area contributed by atoms with Crippen molar-refractivity contribution in [3.05, 3.63) is 29.8 Å². The van der Waals surface area contributed by atoms with Crippen LogP contribution in [0.2, 0.25) is 0 Å². The molecular weight excluding hydrogens is 312 g/mol. The van der Waals surface area contributed by atoms with Crippen LogP contribution in [-0.2, 0) is 10.5 Å². The zero-order chi connectivity index (χ0) is 15.4. The Morgan fingerprint density at radius 2 is 1.95 bits per heavy atom. The minimum atomic E-state index is -0.0467. The summed E-state index contributed by atoms with van der Waals surface area (Å²) in [7, 11) is 0. The molecule has 3 nitrogen and oxygen atoms in total. The van der Waals surface area contributed by atoms with E-state index in [1.54, 1.807) is 23.5 Å². The summed E-state index contributed by atoms with van der Waals surface area (Å²) < 4.78 is 1.02. The van der Waals surface area contributed by atoms with Crippen molar-refractivity contribution < 1.29 is 4.79 Å². The Bertz CT molecular complexity index is 566. The highest BCUT2D eigenvalue weighted by molar-refractivity contribution is 8.39. The van der Waals surface area contributed by atoms with Crippen LogP contribution in [0.25, 0.3) is 0 Å². The number of rotatable bonds is 2. The predicted molar refractivity (Wildman–Crippen MR) is 96.9 cm³/mol. The molecule has 0 aromatic heterocycles. The van der Waals surface area contributed by atoms with E-state index in [0.717, 1.165) is 41.7 Å². The molecule has 5 heteroatoms. The Morgan fingerprint density at radius 1 is 1.23 bits per heavy atom. The second-order valence-electron chi connectivity index (χ2n) is 5.79. The Hall–Kier alpha value is -0.940. The molecule has 118 valence electrons. The first kappa shape index (κ1) is 15.9. The molecule has 0 N–H and O–H groups in total. The lowest BCUT2D eigenvalue weighted by Crippen LogP contribution is -2.37. The molecule has 1 unspecified atom stereocenters. The molecule has 0 bridgehead atoms. The Morgan fingerprint density at radius 3 is 2.73 bits per heavy atom. The van der Waals surface area contributed by atoms with Gasteiger partial charge in [0.25, 0.3) is 0 Å². The van der Waals surface area contributed by atoms with Crippen molar-refractivity contribution >= 4 is 39.5 Å². The third-order valence-corrected chi connectivity index (χ3v) is 6.38. The van der Waals surface area contributed by atoms with Gasteiger partial charge in [-0.05, 0) is 31.4 Å². The fraction of sp³-hybridized carbons (Fsp3) is 0.529. The van der Waals surface area contributed by atoms with Crippen LogP contribution in [0.1, 0.15) is 38.2 Å². The third-order valence-electron chi connectivity index (χ3n) is 4.10. The van der Waals surface area contributed by atoms with Gasteiger partial charge < -0.3 is 4.90 Å². The van der Waals surface area contributed by atoms with E-state index in [-0.39, 0.29) is 11.2 Å². The molecule has 3 rings (SSSR count). The van der Waals surface area contributed by atoms with Gasteiger partial charge in [-0.15, -0.1) is 0 Å². The number of amides is 1. The van der Waals surface area contributed by atoms with E-state index in [9.17, 15) is 4.79 Å². The van der Waals surface area contributed by atoms with Crippen LogP contribution in [0.15, 0.2) is 29.3 Å². The number of carbonyl (C=O) groups excluding carboxylic acids is 1. The number of hydrogen-bond acceptors (Lipinski definition) is 4. The molecule has 0 aliphatic carbocycles. The van der Waals surface area contributed by atoms with Crippen molar-refractivity contribution in [2.45, 2.75) is 43.6 Å². The molecule has 1 aromatic carbocycles. The second kappa shape index (κ2) is 7.55. The number of para-hydroxylation sites is 1. The molecular formula is C17H22N2OS2. The van der Waals surface area contributed by atoms with Crippen LogP contribution < -0.4 is 0 Å². The molecule has 2 aliphatic heterocycles. The third kappa shape index (κ3) is 3.87. The molecule has 1 atom stereocenters. The minimum absolute atomic E-state index is 0.0467. The maximum Gasteiger partial charge on any atom is 0.235 e. The Labute approximate surface area is 140 Å². The molecule has 2 aliphatic rings. The summed E-state index contributed by atoms with van der Waals surface area (Å²) in [4.78, 5) is 19.4. The van der Waals surface area contributed by atoms with E-state index < -0.39 is 0 Å². The van der Waals surface area contributed by atoms with Gasteiger partial charge in [-0.2, -0.15) is 0 Å². The molecule has 0 spiro atoms. The first-order valence-electron chi connectivity index (χ1n) is 7.99. The highest BCUT2D eigenvalue weighted by atomic mass is 32.2. The van der Waals surface area contributed by atoms with Gasteiger partial charge in [-0.25, -0.2) is 4.99 Å². The maximum absolute atomic E-state index is 12.6. The Balaban J connectivity index is 1.63. The largest absolute Gasteiger partial charge is 0.342 e. The lowest BCUT2D eigenvalue weighted by atomic mass is 10.2. The highest BCUT2D eigenvalue weighted by Crippen LogP contribution is 2.36. The average Bonchev–Trinajstić information content (AvgIpc) is 2.83. The molecule has 22 heavy (non-hydrogen) atoms. The van der Waals surface area contributed by atoms with E-state index in [2.05, 4.69) is 18.2 Å². The molecule has 0 radical (unpaired) electrons. The van der Waals surface area contributed by atoms with Crippen molar-refractivity contribution in [1.82, 2.24) is 4.90 Å². The summed E-state index contributed by atoms with van der Waals surface area (Å²) >= 11 is 3.36. The fourth-order valence-corrected chi connectivity index (χ4v) is 5.09. The summed E-state index contributed by atoms with van der Waals surface area (Å²) in [6, 6.07) is 8.25. The summed E-state index contributed by atoms with van der Waals surface area (Å²) in [5.41, 5.74) is 2.33. The number of thioether (sulfide) groups is 2. The number of nitrogens with zero attached hydrogens (tertiary/aromatic N) is 2. The number of likely N-dealkylation sites (tertiary alicyclic amines) is 1. The van der Waals surface area contributed by atoms with E-state index in [1.807, 2.05) is 17.9 Å². The van der Waals surface area contributed by atoms with Crippen LogP contribution in [0, 0.1) is 0 Å². The fourth-order valence-electron chi connectivity index (χ4n) is 2.82. The minimum Gasteiger partial charge on any atom is -0.342 e. The van der Waals surface area contributed by atoms with Crippen LogP contribution >= 0.6 is 23.5 Å². The lowest BCUT2D eigenvalue weighted by Gasteiger charge is -2.24. The quantitative estimate of drug-likeness (QED) is 0.801. The number of hydrogen-bond donors (Lipinski definition) is 0. The molecule has 1 amide bonds. The maximum atomic E-state index is 12.6. The van der Waals surface area contributed by atoms with Gasteiger partial charge in [-0.3, -0.25) is 4.79 Å². The van der Waals surface area contributed by atoms with Crippen molar-refractivity contribution in [2.75, 3.05) is 13.1 Å². The van der Waals surface area contributed by atoms with Crippen molar-refractivity contribution in [1.29, 1.82) is 0 Å². The van der Waals surface area contributed by atoms with E-state index in [1.165, 1.54) is 18.4 Å². The predicted octanol–water partition coefficient (Wildman–Crippen LogP) is 4.45. The van der Waals surface area contributed by atoms with Crippen molar-refractivity contribution in [3.63, 3.8) is 0 Å². The van der Waals surface area contributed by atoms with Gasteiger partial charge >= 0.3 is 0 Å². The van der Waals surface area contributed by atoms with Crippen molar-refractivity contribution in [3.8, 4) is 0 Å². The normalized spacial score (nSPS) is 19.9. The topological polar surface area (TPSA) is 32.7 Å². The standard InChI is InChI=1S/C17H22N2OS2/c1-13(16(20)19-10-6-2-3-7-11-19)22-17-18-15-9-5-4-8-14(15)12-21-17/h4-5,8-9,13H,2-3,6-7,10-12H2,1H3. The van der Waals surface area contributed by atoms with Gasteiger partial charge in [0.2, 0.25) is 5.91 Å². The van der Waals surface area contributed by atoms with E-state index in [4.69, 9.17) is 4.99 Å². The van der Waals surface area contributed by atoms with E-state index >= 15 is 0 Å². The SMILES string of the molecule is CC(SC1=Nc2ccccc2CS1)C(=O)N1CCCCCC1. The Kier molecular flexibility index (Phi) is 5.47. The number of carbonyl (C=O) groups is 1. The summed E-state index contributed by atoms with van der Waals surface area (Å²) in [6.07, 6.45) is 4.80. The average molecular weight is 335 g/mol. The van der Waals surface area contributed by atoms with E-state index in [0.29, 0.717) is 0 Å². The van der Waals surface area contributed by atoms with Gasteiger partial charge in [0, 0.05) is 18.8 Å². The number of fused-ring (bicyclic) bond motifs is 1. The highest BCUT2D eigenvalue weighted by Gasteiger charge is 2.24.